The first kappa shape index (κ1) is 14.1. The van der Waals surface area contributed by atoms with E-state index >= 15 is 0 Å². The second kappa shape index (κ2) is 5.88. The van der Waals surface area contributed by atoms with Crippen molar-refractivity contribution < 1.29 is 9.59 Å². The molecule has 21 heavy (non-hydrogen) atoms. The molecule has 1 aliphatic carbocycles. The monoisotopic (exact) mass is 286 g/mol. The Kier molecular flexibility index (Phi) is 3.95. The molecule has 4 heteroatoms. The van der Waals surface area contributed by atoms with Gasteiger partial charge in [-0.1, -0.05) is 25.1 Å². The number of likely N-dealkylation sites (tertiary alicyclic amines) is 1. The van der Waals surface area contributed by atoms with Crippen LogP contribution in [0, 0.1) is 17.8 Å². The smallest absolute Gasteiger partial charge is 0.228 e. The molecule has 1 aromatic carbocycles. The maximum Gasteiger partial charge on any atom is 0.228 e. The number of benzene rings is 1. The van der Waals surface area contributed by atoms with Crippen molar-refractivity contribution in [2.24, 2.45) is 17.8 Å². The first-order chi connectivity index (χ1) is 10.1. The Morgan fingerprint density at radius 3 is 2.43 bits per heavy atom. The molecule has 0 radical (unpaired) electrons. The topological polar surface area (TPSA) is 49.4 Å². The van der Waals surface area contributed by atoms with E-state index in [0.717, 1.165) is 31.6 Å². The van der Waals surface area contributed by atoms with Crippen molar-refractivity contribution in [2.45, 2.75) is 26.2 Å². The summed E-state index contributed by atoms with van der Waals surface area (Å²) in [6, 6.07) is 9.42. The molecule has 1 aliphatic heterocycles. The fourth-order valence-electron chi connectivity index (χ4n) is 2.98. The van der Waals surface area contributed by atoms with Gasteiger partial charge in [0.1, 0.15) is 0 Å². The Morgan fingerprint density at radius 2 is 1.76 bits per heavy atom. The number of para-hydroxylation sites is 1. The van der Waals surface area contributed by atoms with Gasteiger partial charge in [-0.25, -0.2) is 0 Å². The molecule has 1 saturated heterocycles. The maximum atomic E-state index is 12.4. The van der Waals surface area contributed by atoms with Gasteiger partial charge in [-0.15, -0.1) is 0 Å². The number of nitrogens with zero attached hydrogens (tertiary/aromatic N) is 1. The zero-order valence-electron chi connectivity index (χ0n) is 12.4. The van der Waals surface area contributed by atoms with Crippen molar-refractivity contribution in [1.29, 1.82) is 0 Å². The fraction of sp³-hybridized carbons (Fsp3) is 0.529. The summed E-state index contributed by atoms with van der Waals surface area (Å²) in [5, 5.41) is 2.89. The molecule has 2 aliphatic rings. The van der Waals surface area contributed by atoms with Crippen LogP contribution in [0.1, 0.15) is 26.2 Å². The van der Waals surface area contributed by atoms with E-state index in [9.17, 15) is 9.59 Å². The van der Waals surface area contributed by atoms with Gasteiger partial charge in [-0.2, -0.15) is 0 Å². The second-order valence-electron chi connectivity index (χ2n) is 6.31. The van der Waals surface area contributed by atoms with E-state index in [4.69, 9.17) is 0 Å². The highest BCUT2D eigenvalue weighted by Gasteiger charge is 2.49. The molecule has 0 bridgehead atoms. The standard InChI is InChI=1S/C17H22N2O2/c1-12-7-9-19(10-8-12)17(21)15-11-14(15)16(20)18-13-5-3-2-4-6-13/h2-6,12,14-15H,7-11H2,1H3,(H,18,20). The van der Waals surface area contributed by atoms with E-state index < -0.39 is 0 Å². The van der Waals surface area contributed by atoms with Crippen LogP contribution in [0.2, 0.25) is 0 Å². The van der Waals surface area contributed by atoms with E-state index in [-0.39, 0.29) is 23.7 Å². The predicted molar refractivity (Wildman–Crippen MR) is 81.6 cm³/mol. The van der Waals surface area contributed by atoms with Gasteiger partial charge in [0.05, 0.1) is 11.8 Å². The van der Waals surface area contributed by atoms with E-state index in [2.05, 4.69) is 12.2 Å². The number of anilines is 1. The SMILES string of the molecule is CC1CCN(C(=O)C2CC2C(=O)Nc2ccccc2)CC1. The molecular formula is C17H22N2O2. The molecule has 1 N–H and O–H groups in total. The van der Waals surface area contributed by atoms with Crippen molar-refractivity contribution >= 4 is 17.5 Å². The average Bonchev–Trinajstić information content (AvgIpc) is 3.29. The minimum Gasteiger partial charge on any atom is -0.342 e. The van der Waals surface area contributed by atoms with Crippen LogP contribution in [-0.2, 0) is 9.59 Å². The molecule has 1 aromatic rings. The number of hydrogen-bond donors (Lipinski definition) is 1. The van der Waals surface area contributed by atoms with Crippen LogP contribution in [0.4, 0.5) is 5.69 Å². The van der Waals surface area contributed by atoms with Crippen LogP contribution in [0.3, 0.4) is 0 Å². The molecule has 0 aromatic heterocycles. The van der Waals surface area contributed by atoms with Crippen molar-refractivity contribution in [2.75, 3.05) is 18.4 Å². The minimum atomic E-state index is -0.142. The van der Waals surface area contributed by atoms with E-state index in [1.165, 1.54) is 0 Å². The number of carbonyl (C=O) groups is 2. The average molecular weight is 286 g/mol. The highest BCUT2D eigenvalue weighted by molar-refractivity contribution is 5.99. The number of hydrogen-bond acceptors (Lipinski definition) is 2. The predicted octanol–water partition coefficient (Wildman–Crippen LogP) is 2.52. The van der Waals surface area contributed by atoms with Crippen LogP contribution in [-0.4, -0.2) is 29.8 Å². The molecule has 2 atom stereocenters. The largest absolute Gasteiger partial charge is 0.342 e. The number of piperidine rings is 1. The molecule has 2 fully saturated rings. The summed E-state index contributed by atoms with van der Waals surface area (Å²) in [6.07, 6.45) is 2.86. The lowest BCUT2D eigenvalue weighted by molar-refractivity contribution is -0.135. The first-order valence-corrected chi connectivity index (χ1v) is 7.80. The van der Waals surface area contributed by atoms with E-state index in [0.29, 0.717) is 12.3 Å². The van der Waals surface area contributed by atoms with Gasteiger partial charge in [-0.05, 0) is 37.3 Å². The van der Waals surface area contributed by atoms with Gasteiger partial charge in [0.25, 0.3) is 0 Å². The third kappa shape index (κ3) is 3.26. The fourth-order valence-corrected chi connectivity index (χ4v) is 2.98. The second-order valence-corrected chi connectivity index (χ2v) is 6.31. The Labute approximate surface area is 125 Å². The normalized spacial score (nSPS) is 25.5. The molecule has 112 valence electrons. The lowest BCUT2D eigenvalue weighted by Crippen LogP contribution is -2.39. The van der Waals surface area contributed by atoms with Crippen LogP contribution < -0.4 is 5.32 Å². The van der Waals surface area contributed by atoms with Crippen molar-refractivity contribution in [1.82, 2.24) is 4.90 Å². The molecule has 3 rings (SSSR count). The summed E-state index contributed by atoms with van der Waals surface area (Å²) in [4.78, 5) is 26.5. The van der Waals surface area contributed by atoms with Gasteiger partial charge in [0.2, 0.25) is 11.8 Å². The first-order valence-electron chi connectivity index (χ1n) is 7.80. The van der Waals surface area contributed by atoms with Gasteiger partial charge in [0.15, 0.2) is 0 Å². The highest BCUT2D eigenvalue weighted by atomic mass is 16.2. The van der Waals surface area contributed by atoms with E-state index in [1.807, 2.05) is 35.2 Å². The quantitative estimate of drug-likeness (QED) is 0.928. The Bertz CT molecular complexity index is 521. The Balaban J connectivity index is 1.51. The number of amides is 2. The van der Waals surface area contributed by atoms with Crippen LogP contribution >= 0.6 is 0 Å². The summed E-state index contributed by atoms with van der Waals surface area (Å²) in [7, 11) is 0. The van der Waals surface area contributed by atoms with Crippen LogP contribution in [0.5, 0.6) is 0 Å². The molecule has 1 saturated carbocycles. The number of nitrogens with one attached hydrogen (secondary N) is 1. The van der Waals surface area contributed by atoms with Gasteiger partial charge < -0.3 is 10.2 Å². The van der Waals surface area contributed by atoms with Crippen LogP contribution in [0.15, 0.2) is 30.3 Å². The summed E-state index contributed by atoms with van der Waals surface area (Å²) in [5.41, 5.74) is 0.799. The van der Waals surface area contributed by atoms with Crippen molar-refractivity contribution in [3.8, 4) is 0 Å². The maximum absolute atomic E-state index is 12.4. The number of rotatable bonds is 3. The Hall–Kier alpha value is -1.84. The van der Waals surface area contributed by atoms with Crippen molar-refractivity contribution in [3.63, 3.8) is 0 Å². The molecule has 2 unspecified atom stereocenters. The molecular weight excluding hydrogens is 264 g/mol. The summed E-state index contributed by atoms with van der Waals surface area (Å²) in [5.74, 6) is 0.629. The summed E-state index contributed by atoms with van der Waals surface area (Å²) < 4.78 is 0. The molecule has 4 nitrogen and oxygen atoms in total. The number of carbonyl (C=O) groups excluding carboxylic acids is 2. The van der Waals surface area contributed by atoms with Crippen molar-refractivity contribution in [3.05, 3.63) is 30.3 Å². The molecule has 0 spiro atoms. The summed E-state index contributed by atoms with van der Waals surface area (Å²) in [6.45, 7) is 3.93. The lowest BCUT2D eigenvalue weighted by Gasteiger charge is -2.30. The highest BCUT2D eigenvalue weighted by Crippen LogP contribution is 2.41. The minimum absolute atomic E-state index is 0.0232. The van der Waals surface area contributed by atoms with Gasteiger partial charge in [-0.3, -0.25) is 9.59 Å². The zero-order chi connectivity index (χ0) is 14.8. The zero-order valence-corrected chi connectivity index (χ0v) is 12.4. The third-order valence-corrected chi connectivity index (χ3v) is 4.58. The summed E-state index contributed by atoms with van der Waals surface area (Å²) >= 11 is 0. The van der Waals surface area contributed by atoms with Gasteiger partial charge >= 0.3 is 0 Å². The molecule has 1 heterocycles. The van der Waals surface area contributed by atoms with Gasteiger partial charge in [0, 0.05) is 18.8 Å². The van der Waals surface area contributed by atoms with E-state index in [1.54, 1.807) is 0 Å². The Morgan fingerprint density at radius 1 is 1.10 bits per heavy atom. The molecule has 2 amide bonds. The third-order valence-electron chi connectivity index (χ3n) is 4.58. The van der Waals surface area contributed by atoms with Crippen LogP contribution in [0.25, 0.3) is 0 Å². The lowest BCUT2D eigenvalue weighted by atomic mass is 9.99.